The Kier molecular flexibility index (Phi) is 3.56. The Morgan fingerprint density at radius 1 is 1.24 bits per heavy atom. The summed E-state index contributed by atoms with van der Waals surface area (Å²) in [6, 6.07) is 1.51. The second kappa shape index (κ2) is 5.12. The smallest absolute Gasteiger partial charge is 0.219 e. The van der Waals surface area contributed by atoms with Crippen molar-refractivity contribution >= 4 is 39.9 Å². The molecule has 0 aliphatic carbocycles. The number of hydrogen-bond acceptors (Lipinski definition) is 10. The average molecular weight is 270 g/mol. The van der Waals surface area contributed by atoms with E-state index in [1.54, 1.807) is 0 Å². The van der Waals surface area contributed by atoms with Crippen molar-refractivity contribution in [2.75, 3.05) is 16.9 Å². The Hall–Kier alpha value is -1.65. The van der Waals surface area contributed by atoms with Gasteiger partial charge in [-0.05, 0) is 0 Å². The number of rotatable bonds is 4. The minimum atomic E-state index is 0.349. The Balaban J connectivity index is 2.01. The molecule has 0 saturated heterocycles. The largest absolute Gasteiger partial charge is 0.383 e. The molecular formula is C7H10N8S2. The molecule has 0 atom stereocenters. The molecular weight excluding hydrogens is 260 g/mol. The van der Waals surface area contributed by atoms with E-state index < -0.39 is 0 Å². The zero-order valence-corrected chi connectivity index (χ0v) is 10.3. The molecule has 0 aliphatic rings. The third kappa shape index (κ3) is 3.15. The van der Waals surface area contributed by atoms with E-state index in [-0.39, 0.29) is 0 Å². The van der Waals surface area contributed by atoms with Crippen molar-refractivity contribution in [1.82, 2.24) is 20.2 Å². The highest BCUT2D eigenvalue weighted by molar-refractivity contribution is 7.98. The van der Waals surface area contributed by atoms with Gasteiger partial charge in [0.05, 0.1) is 5.75 Å². The molecule has 0 aliphatic heterocycles. The molecule has 0 fully saturated rings. The zero-order chi connectivity index (χ0) is 12.3. The molecule has 10 heteroatoms. The molecule has 0 bridgehead atoms. The highest BCUT2D eigenvalue weighted by Crippen LogP contribution is 2.24. The van der Waals surface area contributed by atoms with Crippen molar-refractivity contribution in [2.45, 2.75) is 10.9 Å². The third-order valence-electron chi connectivity index (χ3n) is 1.66. The van der Waals surface area contributed by atoms with Crippen LogP contribution in [0.3, 0.4) is 0 Å². The molecule has 2 heterocycles. The van der Waals surface area contributed by atoms with Gasteiger partial charge in [-0.25, -0.2) is 15.8 Å². The van der Waals surface area contributed by atoms with Crippen molar-refractivity contribution in [3.05, 3.63) is 11.1 Å². The lowest BCUT2D eigenvalue weighted by Crippen LogP contribution is -2.05. The first-order valence-electron chi connectivity index (χ1n) is 4.49. The third-order valence-corrected chi connectivity index (χ3v) is 3.56. The summed E-state index contributed by atoms with van der Waals surface area (Å²) in [7, 11) is 0. The molecule has 0 spiro atoms. The molecule has 0 amide bonds. The first-order chi connectivity index (χ1) is 8.17. The maximum Gasteiger partial charge on any atom is 0.219 e. The summed E-state index contributed by atoms with van der Waals surface area (Å²) in [5.74, 6) is 6.49. The van der Waals surface area contributed by atoms with E-state index in [2.05, 4.69) is 25.6 Å². The van der Waals surface area contributed by atoms with Crippen LogP contribution in [-0.4, -0.2) is 20.2 Å². The summed E-state index contributed by atoms with van der Waals surface area (Å²) in [4.78, 5) is 8.08. The van der Waals surface area contributed by atoms with E-state index in [1.165, 1.54) is 29.2 Å². The van der Waals surface area contributed by atoms with Gasteiger partial charge in [0.1, 0.15) is 16.6 Å². The maximum atomic E-state index is 5.56. The van der Waals surface area contributed by atoms with Gasteiger partial charge in [0, 0.05) is 6.07 Å². The minimum Gasteiger partial charge on any atom is -0.383 e. The van der Waals surface area contributed by atoms with Crippen LogP contribution in [0, 0.1) is 0 Å². The van der Waals surface area contributed by atoms with Gasteiger partial charge >= 0.3 is 0 Å². The highest BCUT2D eigenvalue weighted by Gasteiger charge is 2.06. The molecule has 0 radical (unpaired) electrons. The standard InChI is InChI=1S/C7H10N8S2/c8-3-1-4(9)12-6(11-3)16-2-5-14-15-7(13-10)17-5/h1H,2,10H2,(H,13,15)(H4,8,9,11,12). The molecule has 7 N–H and O–H groups in total. The predicted octanol–water partition coefficient (Wildman–Crippen LogP) is 0.0704. The van der Waals surface area contributed by atoms with Crippen LogP contribution in [0.4, 0.5) is 16.8 Å². The first kappa shape index (κ1) is 11.8. The van der Waals surface area contributed by atoms with Gasteiger partial charge in [-0.2, -0.15) is 0 Å². The van der Waals surface area contributed by atoms with Gasteiger partial charge in [0.15, 0.2) is 5.16 Å². The topological polar surface area (TPSA) is 142 Å². The summed E-state index contributed by atoms with van der Waals surface area (Å²) in [5, 5.41) is 9.63. The molecule has 0 unspecified atom stereocenters. The van der Waals surface area contributed by atoms with Crippen LogP contribution in [0.25, 0.3) is 0 Å². The molecule has 8 nitrogen and oxygen atoms in total. The average Bonchev–Trinajstić information content (AvgIpc) is 2.73. The fourth-order valence-electron chi connectivity index (χ4n) is 1.02. The van der Waals surface area contributed by atoms with E-state index >= 15 is 0 Å². The first-order valence-corrected chi connectivity index (χ1v) is 6.29. The van der Waals surface area contributed by atoms with Crippen LogP contribution < -0.4 is 22.7 Å². The van der Waals surface area contributed by atoms with E-state index in [9.17, 15) is 0 Å². The van der Waals surface area contributed by atoms with Gasteiger partial charge < -0.3 is 11.5 Å². The van der Waals surface area contributed by atoms with Crippen LogP contribution in [0.2, 0.25) is 0 Å². The Morgan fingerprint density at radius 3 is 2.53 bits per heavy atom. The van der Waals surface area contributed by atoms with Gasteiger partial charge in [0.2, 0.25) is 5.13 Å². The summed E-state index contributed by atoms with van der Waals surface area (Å²) in [6.45, 7) is 0. The highest BCUT2D eigenvalue weighted by atomic mass is 32.2. The monoisotopic (exact) mass is 270 g/mol. The number of thioether (sulfide) groups is 1. The van der Waals surface area contributed by atoms with E-state index in [0.29, 0.717) is 27.7 Å². The number of anilines is 3. The lowest BCUT2D eigenvalue weighted by Gasteiger charge is -2.00. The van der Waals surface area contributed by atoms with Crippen LogP contribution >= 0.6 is 23.1 Å². The van der Waals surface area contributed by atoms with Gasteiger partial charge in [-0.15, -0.1) is 10.2 Å². The van der Waals surface area contributed by atoms with Crippen LogP contribution in [0.5, 0.6) is 0 Å². The van der Waals surface area contributed by atoms with E-state index in [4.69, 9.17) is 17.3 Å². The fourth-order valence-corrected chi connectivity index (χ4v) is 2.53. The number of nitrogens with zero attached hydrogens (tertiary/aromatic N) is 4. The molecule has 2 aromatic rings. The fraction of sp³-hybridized carbons (Fsp3) is 0.143. The molecule has 2 rings (SSSR count). The Labute approximate surface area is 105 Å². The molecule has 2 aromatic heterocycles. The SMILES string of the molecule is NNc1nnc(CSc2nc(N)cc(N)n2)s1. The van der Waals surface area contributed by atoms with Crippen molar-refractivity contribution < 1.29 is 0 Å². The van der Waals surface area contributed by atoms with Crippen molar-refractivity contribution in [2.24, 2.45) is 5.84 Å². The van der Waals surface area contributed by atoms with Crippen LogP contribution in [0.15, 0.2) is 11.2 Å². The molecule has 90 valence electrons. The van der Waals surface area contributed by atoms with Crippen LogP contribution in [0.1, 0.15) is 5.01 Å². The minimum absolute atomic E-state index is 0.349. The molecule has 17 heavy (non-hydrogen) atoms. The van der Waals surface area contributed by atoms with Crippen molar-refractivity contribution in [3.63, 3.8) is 0 Å². The van der Waals surface area contributed by atoms with Gasteiger partial charge in [-0.3, -0.25) is 5.43 Å². The summed E-state index contributed by atoms with van der Waals surface area (Å²) in [6.07, 6.45) is 0. The van der Waals surface area contributed by atoms with Crippen LogP contribution in [-0.2, 0) is 5.75 Å². The lowest BCUT2D eigenvalue weighted by molar-refractivity contribution is 0.979. The zero-order valence-electron chi connectivity index (χ0n) is 8.62. The number of nitrogens with one attached hydrogen (secondary N) is 1. The van der Waals surface area contributed by atoms with E-state index in [1.807, 2.05) is 0 Å². The number of aromatic nitrogens is 4. The molecule has 0 saturated carbocycles. The quantitative estimate of drug-likeness (QED) is 0.263. The van der Waals surface area contributed by atoms with Crippen molar-refractivity contribution in [1.29, 1.82) is 0 Å². The summed E-state index contributed by atoms with van der Waals surface area (Å²) < 4.78 is 0. The molecule has 0 aromatic carbocycles. The predicted molar refractivity (Wildman–Crippen MR) is 68.1 cm³/mol. The van der Waals surface area contributed by atoms with Gasteiger partial charge in [-0.1, -0.05) is 23.1 Å². The number of nitrogens with two attached hydrogens (primary N) is 3. The second-order valence-electron chi connectivity index (χ2n) is 2.93. The Bertz CT molecular complexity index is 492. The van der Waals surface area contributed by atoms with Gasteiger partial charge in [0.25, 0.3) is 0 Å². The lowest BCUT2D eigenvalue weighted by atomic mass is 10.5. The maximum absolute atomic E-state index is 5.56. The van der Waals surface area contributed by atoms with Crippen molar-refractivity contribution in [3.8, 4) is 0 Å². The number of hydrazine groups is 1. The normalized spacial score (nSPS) is 10.4. The number of nitrogen functional groups attached to an aromatic ring is 3. The Morgan fingerprint density at radius 2 is 1.94 bits per heavy atom. The summed E-state index contributed by atoms with van der Waals surface area (Å²) >= 11 is 2.75. The van der Waals surface area contributed by atoms with E-state index in [0.717, 1.165) is 5.01 Å². The summed E-state index contributed by atoms with van der Waals surface area (Å²) in [5.41, 5.74) is 13.5. The second-order valence-corrected chi connectivity index (χ2v) is 4.94. The number of hydrogen-bond donors (Lipinski definition) is 4.